The lowest BCUT2D eigenvalue weighted by atomic mass is 10.1. The lowest BCUT2D eigenvalue weighted by Gasteiger charge is -2.17. The van der Waals surface area contributed by atoms with Crippen molar-refractivity contribution in [2.75, 3.05) is 33.5 Å². The highest BCUT2D eigenvalue weighted by molar-refractivity contribution is 5.81. The molecule has 0 spiro atoms. The van der Waals surface area contributed by atoms with E-state index < -0.39 is 30.2 Å². The predicted molar refractivity (Wildman–Crippen MR) is 92.3 cm³/mol. The molecule has 0 rings (SSSR count). The molecule has 0 saturated carbocycles. The van der Waals surface area contributed by atoms with Crippen LogP contribution in [0.15, 0.2) is 12.7 Å². The lowest BCUT2D eigenvalue weighted by molar-refractivity contribution is -0.153. The molecule has 2 atom stereocenters. The van der Waals surface area contributed by atoms with Gasteiger partial charge in [0.25, 0.3) is 6.26 Å². The summed E-state index contributed by atoms with van der Waals surface area (Å²) in [5.41, 5.74) is 0. The number of nitriles is 1. The van der Waals surface area contributed by atoms with Gasteiger partial charge in [-0.2, -0.15) is 5.26 Å². The van der Waals surface area contributed by atoms with Crippen LogP contribution >= 0.6 is 0 Å². The molecule has 1 amide bonds. The molecule has 0 radical (unpaired) electrons. The maximum atomic E-state index is 11.7. The number of amides is 1. The maximum Gasteiger partial charge on any atom is 0.407 e. The van der Waals surface area contributed by atoms with Crippen LogP contribution in [-0.2, 0) is 33.3 Å². The van der Waals surface area contributed by atoms with Crippen LogP contribution in [0.25, 0.3) is 0 Å². The number of esters is 2. The highest BCUT2D eigenvalue weighted by atomic mass is 16.6. The Balaban J connectivity index is 4.11. The summed E-state index contributed by atoms with van der Waals surface area (Å²) in [4.78, 5) is 34.4. The summed E-state index contributed by atoms with van der Waals surface area (Å²) in [6.07, 6.45) is 1.42. The maximum absolute atomic E-state index is 11.7. The van der Waals surface area contributed by atoms with Crippen LogP contribution in [-0.4, -0.2) is 63.7 Å². The number of nitrogens with one attached hydrogen (secondary N) is 1. The summed E-state index contributed by atoms with van der Waals surface area (Å²) in [7, 11) is 1.42. The molecule has 0 fully saturated rings. The first-order valence-electron chi connectivity index (χ1n) is 8.42. The van der Waals surface area contributed by atoms with Gasteiger partial charge >= 0.3 is 18.0 Å². The summed E-state index contributed by atoms with van der Waals surface area (Å²) in [5, 5.41) is 11.1. The fraction of sp³-hybridized carbons (Fsp3) is 0.647. The van der Waals surface area contributed by atoms with Gasteiger partial charge in [-0.3, -0.25) is 0 Å². The Kier molecular flexibility index (Phi) is 13.9. The molecule has 152 valence electrons. The highest BCUT2D eigenvalue weighted by Crippen LogP contribution is 2.07. The van der Waals surface area contributed by atoms with Crippen molar-refractivity contribution in [3.8, 4) is 6.26 Å². The van der Waals surface area contributed by atoms with Crippen molar-refractivity contribution in [3.63, 3.8) is 0 Å². The Morgan fingerprint density at radius 2 is 1.96 bits per heavy atom. The van der Waals surface area contributed by atoms with Crippen molar-refractivity contribution in [1.29, 1.82) is 5.26 Å². The molecule has 0 heterocycles. The average molecular weight is 386 g/mol. The molecule has 0 aliphatic heterocycles. The third-order valence-corrected chi connectivity index (χ3v) is 3.11. The topological polar surface area (TPSA) is 133 Å². The number of hydrogen-bond donors (Lipinski definition) is 1. The summed E-state index contributed by atoms with van der Waals surface area (Å²) in [6.45, 7) is 5.31. The van der Waals surface area contributed by atoms with E-state index in [0.717, 1.165) is 6.08 Å². The van der Waals surface area contributed by atoms with E-state index in [1.807, 2.05) is 0 Å². The first-order valence-corrected chi connectivity index (χ1v) is 8.42. The van der Waals surface area contributed by atoms with Gasteiger partial charge in [0.15, 0.2) is 6.10 Å². The van der Waals surface area contributed by atoms with E-state index in [4.69, 9.17) is 24.2 Å². The van der Waals surface area contributed by atoms with Crippen LogP contribution in [0.1, 0.15) is 26.2 Å². The minimum atomic E-state index is -0.951. The largest absolute Gasteiger partial charge is 0.463 e. The number of carbonyl (C=O) groups is 3. The first kappa shape index (κ1) is 24.2. The Labute approximate surface area is 158 Å². The third kappa shape index (κ3) is 12.2. The number of alkyl carbamates (subject to hydrolysis) is 1. The average Bonchev–Trinajstić information content (AvgIpc) is 2.64. The van der Waals surface area contributed by atoms with E-state index in [1.165, 1.54) is 13.4 Å². The predicted octanol–water partition coefficient (Wildman–Crippen LogP) is 1.06. The van der Waals surface area contributed by atoms with Crippen LogP contribution in [0.2, 0.25) is 0 Å². The molecule has 1 N–H and O–H groups in total. The van der Waals surface area contributed by atoms with Gasteiger partial charge in [-0.25, -0.2) is 14.4 Å². The normalized spacial score (nSPS) is 12.0. The zero-order valence-corrected chi connectivity index (χ0v) is 15.6. The summed E-state index contributed by atoms with van der Waals surface area (Å²) in [5.74, 6) is -1.22. The third-order valence-electron chi connectivity index (χ3n) is 3.11. The van der Waals surface area contributed by atoms with Gasteiger partial charge in [-0.05, 0) is 26.2 Å². The second-order valence-electron chi connectivity index (χ2n) is 5.19. The zero-order valence-electron chi connectivity index (χ0n) is 15.6. The molecular formula is C17H26N2O8. The summed E-state index contributed by atoms with van der Waals surface area (Å²) < 4.78 is 24.3. The Morgan fingerprint density at radius 3 is 2.56 bits per heavy atom. The van der Waals surface area contributed by atoms with Crippen molar-refractivity contribution >= 4 is 18.0 Å². The number of unbranched alkanes of at least 4 members (excludes halogenated alkanes) is 1. The van der Waals surface area contributed by atoms with Crippen LogP contribution in [0.5, 0.6) is 0 Å². The molecule has 0 aromatic rings. The minimum absolute atomic E-state index is 0.0601. The van der Waals surface area contributed by atoms with Gasteiger partial charge < -0.3 is 29.0 Å². The second kappa shape index (κ2) is 15.5. The number of carbonyl (C=O) groups excluding carboxylic acids is 3. The molecule has 0 aliphatic carbocycles. The molecular weight excluding hydrogens is 360 g/mol. The Hall–Kier alpha value is -2.80. The molecule has 0 aromatic carbocycles. The van der Waals surface area contributed by atoms with Crippen molar-refractivity contribution in [2.24, 2.45) is 0 Å². The number of hydrogen-bond acceptors (Lipinski definition) is 9. The SMILES string of the molecule is C=CC(=O)OCC(COC)OC(=O)NCCCCC(OC#N)C(=O)OCC. The zero-order chi connectivity index (χ0) is 20.5. The van der Waals surface area contributed by atoms with E-state index in [9.17, 15) is 14.4 Å². The van der Waals surface area contributed by atoms with Crippen molar-refractivity contribution < 1.29 is 38.1 Å². The van der Waals surface area contributed by atoms with Gasteiger partial charge in [0.05, 0.1) is 13.2 Å². The summed E-state index contributed by atoms with van der Waals surface area (Å²) in [6, 6.07) is 0. The molecule has 10 nitrogen and oxygen atoms in total. The standard InChI is InChI=1S/C17H26N2O8/c1-4-15(20)25-11-13(10-23-3)27-17(22)19-9-7-6-8-14(26-12-18)16(21)24-5-2/h4,13-14H,1,5-11H2,2-3H3,(H,19,22). The molecule has 0 saturated heterocycles. The molecule has 0 aliphatic rings. The Morgan fingerprint density at radius 1 is 1.22 bits per heavy atom. The molecule has 10 heteroatoms. The number of rotatable bonds is 14. The molecule has 27 heavy (non-hydrogen) atoms. The lowest BCUT2D eigenvalue weighted by Crippen LogP contribution is -2.35. The number of ether oxygens (including phenoxy) is 5. The van der Waals surface area contributed by atoms with Crippen LogP contribution in [0.4, 0.5) is 4.79 Å². The number of methoxy groups -OCH3 is 1. The monoisotopic (exact) mass is 386 g/mol. The minimum Gasteiger partial charge on any atom is -0.463 e. The first-order chi connectivity index (χ1) is 13.0. The fourth-order valence-electron chi connectivity index (χ4n) is 1.90. The fourth-order valence-corrected chi connectivity index (χ4v) is 1.90. The van der Waals surface area contributed by atoms with Crippen LogP contribution < -0.4 is 5.32 Å². The molecule has 0 aromatic heterocycles. The van der Waals surface area contributed by atoms with Crippen LogP contribution in [0, 0.1) is 11.5 Å². The smallest absolute Gasteiger partial charge is 0.407 e. The quantitative estimate of drug-likeness (QED) is 0.153. The van der Waals surface area contributed by atoms with E-state index in [1.54, 1.807) is 6.92 Å². The van der Waals surface area contributed by atoms with Crippen molar-refractivity contribution in [3.05, 3.63) is 12.7 Å². The van der Waals surface area contributed by atoms with Crippen molar-refractivity contribution in [2.45, 2.75) is 38.4 Å². The van der Waals surface area contributed by atoms with Gasteiger partial charge in [0.1, 0.15) is 6.61 Å². The van der Waals surface area contributed by atoms with Crippen molar-refractivity contribution in [1.82, 2.24) is 5.32 Å². The van der Waals surface area contributed by atoms with Crippen LogP contribution in [0.3, 0.4) is 0 Å². The van der Waals surface area contributed by atoms with E-state index in [2.05, 4.69) is 16.6 Å². The number of nitrogens with zero attached hydrogens (tertiary/aromatic N) is 1. The van der Waals surface area contributed by atoms with E-state index in [0.29, 0.717) is 12.8 Å². The Bertz CT molecular complexity index is 518. The van der Waals surface area contributed by atoms with E-state index >= 15 is 0 Å². The van der Waals surface area contributed by atoms with Gasteiger partial charge in [-0.15, -0.1) is 0 Å². The van der Waals surface area contributed by atoms with Gasteiger partial charge in [-0.1, -0.05) is 6.58 Å². The molecule has 0 bridgehead atoms. The van der Waals surface area contributed by atoms with Gasteiger partial charge in [0.2, 0.25) is 6.10 Å². The summed E-state index contributed by atoms with van der Waals surface area (Å²) >= 11 is 0. The molecule has 2 unspecified atom stereocenters. The highest BCUT2D eigenvalue weighted by Gasteiger charge is 2.21. The second-order valence-corrected chi connectivity index (χ2v) is 5.19. The van der Waals surface area contributed by atoms with Gasteiger partial charge in [0, 0.05) is 19.7 Å². The van der Waals surface area contributed by atoms with E-state index in [-0.39, 0.29) is 32.8 Å².